The molecule has 0 fully saturated rings. The molecule has 0 unspecified atom stereocenters. The van der Waals surface area contributed by atoms with Gasteiger partial charge in [-0.15, -0.1) is 0 Å². The first-order valence-corrected chi connectivity index (χ1v) is 7.11. The summed E-state index contributed by atoms with van der Waals surface area (Å²) in [5.41, 5.74) is 2.58. The number of aromatic nitrogens is 2. The minimum Gasteiger partial charge on any atom is -0.380 e. The molecule has 2 aromatic heterocycles. The van der Waals surface area contributed by atoms with E-state index < -0.39 is 4.92 Å². The first-order valence-electron chi connectivity index (χ1n) is 7.11. The Morgan fingerprint density at radius 3 is 2.70 bits per heavy atom. The van der Waals surface area contributed by atoms with E-state index in [9.17, 15) is 10.1 Å². The van der Waals surface area contributed by atoms with E-state index in [0.717, 1.165) is 11.1 Å². The van der Waals surface area contributed by atoms with Crippen LogP contribution in [0.5, 0.6) is 0 Å². The Hall–Kier alpha value is -2.93. The maximum absolute atomic E-state index is 11.4. The van der Waals surface area contributed by atoms with Crippen LogP contribution < -0.4 is 5.32 Å². The van der Waals surface area contributed by atoms with Crippen molar-refractivity contribution in [1.29, 1.82) is 0 Å². The van der Waals surface area contributed by atoms with Crippen LogP contribution in [0.25, 0.3) is 5.65 Å². The third-order valence-electron chi connectivity index (χ3n) is 3.54. The lowest BCUT2D eigenvalue weighted by Gasteiger charge is -2.09. The molecular weight excluding hydrogens is 296 g/mol. The highest BCUT2D eigenvalue weighted by atomic mass is 16.6. The average Bonchev–Trinajstić information content (AvgIpc) is 2.93. The number of pyridine rings is 1. The molecule has 1 aromatic carbocycles. The molecule has 7 heteroatoms. The largest absolute Gasteiger partial charge is 0.380 e. The van der Waals surface area contributed by atoms with E-state index in [1.165, 1.54) is 4.40 Å². The lowest BCUT2D eigenvalue weighted by atomic mass is 10.1. The number of rotatable bonds is 6. The van der Waals surface area contributed by atoms with Crippen molar-refractivity contribution in [3.8, 4) is 0 Å². The predicted octanol–water partition coefficient (Wildman–Crippen LogP) is 3.00. The molecule has 0 amide bonds. The highest BCUT2D eigenvalue weighted by molar-refractivity contribution is 5.62. The number of anilines is 1. The molecule has 3 rings (SSSR count). The van der Waals surface area contributed by atoms with E-state index in [2.05, 4.69) is 10.3 Å². The predicted molar refractivity (Wildman–Crippen MR) is 86.3 cm³/mol. The van der Waals surface area contributed by atoms with Crippen LogP contribution in [-0.2, 0) is 17.9 Å². The monoisotopic (exact) mass is 312 g/mol. The number of nitrogens with zero attached hydrogens (tertiary/aromatic N) is 3. The highest BCUT2D eigenvalue weighted by Crippen LogP contribution is 2.26. The van der Waals surface area contributed by atoms with Crippen molar-refractivity contribution < 1.29 is 9.66 Å². The Morgan fingerprint density at radius 2 is 1.96 bits per heavy atom. The molecule has 0 aliphatic rings. The van der Waals surface area contributed by atoms with Crippen LogP contribution in [0.1, 0.15) is 11.1 Å². The van der Waals surface area contributed by atoms with Crippen molar-refractivity contribution >= 4 is 17.3 Å². The highest BCUT2D eigenvalue weighted by Gasteiger charge is 2.22. The second kappa shape index (κ2) is 6.45. The van der Waals surface area contributed by atoms with Crippen LogP contribution in [0.3, 0.4) is 0 Å². The van der Waals surface area contributed by atoms with Gasteiger partial charge < -0.3 is 20.2 Å². The van der Waals surface area contributed by atoms with E-state index in [4.69, 9.17) is 4.74 Å². The summed E-state index contributed by atoms with van der Waals surface area (Å²) in [6.07, 6.45) is 1.63. The molecule has 23 heavy (non-hydrogen) atoms. The quantitative estimate of drug-likeness (QED) is 0.559. The van der Waals surface area contributed by atoms with Gasteiger partial charge in [-0.05, 0) is 22.1 Å². The number of methoxy groups -OCH3 is 1. The first kappa shape index (κ1) is 15.0. The molecule has 0 radical (unpaired) electrons. The Labute approximate surface area is 132 Å². The normalized spacial score (nSPS) is 10.8. The minimum absolute atomic E-state index is 0.0650. The van der Waals surface area contributed by atoms with Gasteiger partial charge in [0, 0.05) is 19.7 Å². The van der Waals surface area contributed by atoms with E-state index in [0.29, 0.717) is 18.8 Å². The third kappa shape index (κ3) is 3.00. The van der Waals surface area contributed by atoms with Gasteiger partial charge in [0.1, 0.15) is 0 Å². The van der Waals surface area contributed by atoms with Gasteiger partial charge in [-0.1, -0.05) is 30.3 Å². The lowest BCUT2D eigenvalue weighted by Crippen LogP contribution is -2.06. The summed E-state index contributed by atoms with van der Waals surface area (Å²) in [7, 11) is 1.64. The fourth-order valence-electron chi connectivity index (χ4n) is 2.48. The molecule has 0 atom stereocenters. The Balaban J connectivity index is 1.90. The zero-order chi connectivity index (χ0) is 16.2. The number of ether oxygens (including phenoxy) is 1. The van der Waals surface area contributed by atoms with Crippen molar-refractivity contribution in [2.24, 2.45) is 0 Å². The van der Waals surface area contributed by atoms with Gasteiger partial charge in [0.15, 0.2) is 0 Å². The third-order valence-corrected chi connectivity index (χ3v) is 3.54. The van der Waals surface area contributed by atoms with Crippen molar-refractivity contribution in [2.75, 3.05) is 12.4 Å². The standard InChI is InChI=1S/C16H16N4O3/c1-23-11-13-7-3-2-6-12(13)10-17-15-16(20(21)22)19-9-5-4-8-14(19)18-15/h2-9,17H,10-11H2,1H3. The van der Waals surface area contributed by atoms with Gasteiger partial charge in [-0.25, -0.2) is 0 Å². The average molecular weight is 312 g/mol. The van der Waals surface area contributed by atoms with Gasteiger partial charge in [0.05, 0.1) is 12.8 Å². The zero-order valence-electron chi connectivity index (χ0n) is 12.6. The van der Waals surface area contributed by atoms with Crippen LogP contribution in [0, 0.1) is 10.1 Å². The summed E-state index contributed by atoms with van der Waals surface area (Å²) in [5, 5.41) is 14.4. The molecule has 0 bridgehead atoms. The number of hydrogen-bond acceptors (Lipinski definition) is 5. The minimum atomic E-state index is -0.427. The Bertz CT molecular complexity index is 844. The van der Waals surface area contributed by atoms with Gasteiger partial charge in [-0.3, -0.25) is 0 Å². The SMILES string of the molecule is COCc1ccccc1CNc1nc2ccccn2c1[N+](=O)[O-]. The fourth-order valence-corrected chi connectivity index (χ4v) is 2.48. The molecule has 0 saturated heterocycles. The number of imidazole rings is 1. The van der Waals surface area contributed by atoms with Crippen molar-refractivity contribution in [1.82, 2.24) is 9.38 Å². The first-order chi connectivity index (χ1) is 11.2. The molecular formula is C16H16N4O3. The maximum Gasteiger partial charge on any atom is 0.372 e. The Kier molecular flexibility index (Phi) is 4.20. The summed E-state index contributed by atoms with van der Waals surface area (Å²) in [6.45, 7) is 0.926. The zero-order valence-corrected chi connectivity index (χ0v) is 12.6. The van der Waals surface area contributed by atoms with E-state index in [1.54, 1.807) is 31.5 Å². The molecule has 0 aliphatic heterocycles. The number of hydrogen-bond donors (Lipinski definition) is 1. The van der Waals surface area contributed by atoms with E-state index in [-0.39, 0.29) is 11.6 Å². The van der Waals surface area contributed by atoms with E-state index in [1.807, 2.05) is 24.3 Å². The van der Waals surface area contributed by atoms with Crippen LogP contribution >= 0.6 is 0 Å². The molecule has 7 nitrogen and oxygen atoms in total. The molecule has 3 aromatic rings. The summed E-state index contributed by atoms with van der Waals surface area (Å²) in [6, 6.07) is 13.1. The van der Waals surface area contributed by atoms with E-state index >= 15 is 0 Å². The topological polar surface area (TPSA) is 81.7 Å². The summed E-state index contributed by atoms with van der Waals surface area (Å²) in [4.78, 5) is 15.2. The molecule has 1 N–H and O–H groups in total. The van der Waals surface area contributed by atoms with Gasteiger partial charge >= 0.3 is 5.82 Å². The lowest BCUT2D eigenvalue weighted by molar-refractivity contribution is -0.389. The van der Waals surface area contributed by atoms with Crippen LogP contribution in [0.4, 0.5) is 11.6 Å². The van der Waals surface area contributed by atoms with Gasteiger partial charge in [0.2, 0.25) is 11.5 Å². The number of fused-ring (bicyclic) bond motifs is 1. The molecule has 0 aliphatic carbocycles. The second-order valence-corrected chi connectivity index (χ2v) is 5.03. The number of nitrogens with one attached hydrogen (secondary N) is 1. The molecule has 0 saturated carbocycles. The van der Waals surface area contributed by atoms with Crippen LogP contribution in [0.2, 0.25) is 0 Å². The molecule has 0 spiro atoms. The van der Waals surface area contributed by atoms with Crippen LogP contribution in [0.15, 0.2) is 48.7 Å². The smallest absolute Gasteiger partial charge is 0.372 e. The Morgan fingerprint density at radius 1 is 1.22 bits per heavy atom. The van der Waals surface area contributed by atoms with Crippen molar-refractivity contribution in [3.05, 3.63) is 69.9 Å². The molecule has 2 heterocycles. The summed E-state index contributed by atoms with van der Waals surface area (Å²) >= 11 is 0. The second-order valence-electron chi connectivity index (χ2n) is 5.03. The molecule has 118 valence electrons. The fraction of sp³-hybridized carbons (Fsp3) is 0.188. The summed E-state index contributed by atoms with van der Waals surface area (Å²) in [5.74, 6) is 0.193. The van der Waals surface area contributed by atoms with Gasteiger partial charge in [-0.2, -0.15) is 9.38 Å². The van der Waals surface area contributed by atoms with Crippen molar-refractivity contribution in [3.63, 3.8) is 0 Å². The maximum atomic E-state index is 11.4. The number of nitro groups is 1. The van der Waals surface area contributed by atoms with Crippen molar-refractivity contribution in [2.45, 2.75) is 13.2 Å². The van der Waals surface area contributed by atoms with Gasteiger partial charge in [0.25, 0.3) is 0 Å². The van der Waals surface area contributed by atoms with Crippen LogP contribution in [-0.4, -0.2) is 21.4 Å². The number of benzene rings is 1. The summed E-state index contributed by atoms with van der Waals surface area (Å²) < 4.78 is 6.64.